The number of benzene rings is 3. The summed E-state index contributed by atoms with van der Waals surface area (Å²) in [6.45, 7) is 5.06. The zero-order chi connectivity index (χ0) is 20.5. The van der Waals surface area contributed by atoms with Crippen LogP contribution in [0.25, 0.3) is 21.8 Å². The van der Waals surface area contributed by atoms with Crippen molar-refractivity contribution in [3.8, 4) is 0 Å². The molecule has 0 unspecified atom stereocenters. The number of anilines is 1. The summed E-state index contributed by atoms with van der Waals surface area (Å²) in [6, 6.07) is 24.9. The van der Waals surface area contributed by atoms with E-state index in [4.69, 9.17) is 11.6 Å². The van der Waals surface area contributed by atoms with Gasteiger partial charge < -0.3 is 14.6 Å². The first-order chi connectivity index (χ1) is 14.7. The molecule has 4 nitrogen and oxygen atoms in total. The number of para-hydroxylation sites is 2. The normalized spacial score (nSPS) is 16.4. The number of β-amino-alcohol motifs (C(OH)–C–C–N with tert-alkyl or cyclic N) is 1. The minimum Gasteiger partial charge on any atom is -0.390 e. The van der Waals surface area contributed by atoms with E-state index in [9.17, 15) is 5.11 Å². The highest BCUT2D eigenvalue weighted by atomic mass is 35.5. The van der Waals surface area contributed by atoms with E-state index >= 15 is 0 Å². The number of halogens is 1. The average molecular weight is 420 g/mol. The van der Waals surface area contributed by atoms with Gasteiger partial charge in [0.2, 0.25) is 0 Å². The first kappa shape index (κ1) is 19.4. The zero-order valence-corrected chi connectivity index (χ0v) is 17.7. The molecule has 0 bridgehead atoms. The second-order valence-corrected chi connectivity index (χ2v) is 8.50. The van der Waals surface area contributed by atoms with E-state index in [-0.39, 0.29) is 0 Å². The monoisotopic (exact) mass is 419 g/mol. The lowest BCUT2D eigenvalue weighted by Gasteiger charge is -2.37. The van der Waals surface area contributed by atoms with Crippen LogP contribution in [-0.2, 0) is 6.54 Å². The van der Waals surface area contributed by atoms with Crippen LogP contribution in [0.3, 0.4) is 0 Å². The number of aliphatic hydroxyl groups is 1. The summed E-state index contributed by atoms with van der Waals surface area (Å²) in [5.74, 6) is 0. The molecule has 5 rings (SSSR count). The predicted molar refractivity (Wildman–Crippen MR) is 126 cm³/mol. The lowest BCUT2D eigenvalue weighted by atomic mass is 10.2. The summed E-state index contributed by atoms with van der Waals surface area (Å²) in [6.07, 6.45) is -0.415. The van der Waals surface area contributed by atoms with Gasteiger partial charge in [-0.15, -0.1) is 0 Å². The van der Waals surface area contributed by atoms with Crippen molar-refractivity contribution in [1.82, 2.24) is 9.47 Å². The van der Waals surface area contributed by atoms with Crippen LogP contribution in [0.4, 0.5) is 5.69 Å². The number of fused-ring (bicyclic) bond motifs is 3. The Kier molecular flexibility index (Phi) is 5.38. The Hall–Kier alpha value is -2.53. The largest absolute Gasteiger partial charge is 0.390 e. The van der Waals surface area contributed by atoms with Crippen molar-refractivity contribution in [3.05, 3.63) is 77.8 Å². The lowest BCUT2D eigenvalue weighted by Crippen LogP contribution is -2.49. The first-order valence-electron chi connectivity index (χ1n) is 10.6. The zero-order valence-electron chi connectivity index (χ0n) is 16.9. The molecule has 3 aromatic carbocycles. The number of aliphatic hydroxyl groups excluding tert-OH is 1. The molecule has 1 fully saturated rings. The summed E-state index contributed by atoms with van der Waals surface area (Å²) in [5, 5.41) is 14.2. The van der Waals surface area contributed by atoms with Crippen LogP contribution in [0.15, 0.2) is 72.8 Å². The number of hydrogen-bond donors (Lipinski definition) is 1. The van der Waals surface area contributed by atoms with E-state index in [1.807, 2.05) is 18.2 Å². The van der Waals surface area contributed by atoms with Crippen molar-refractivity contribution in [2.45, 2.75) is 12.6 Å². The van der Waals surface area contributed by atoms with Crippen LogP contribution >= 0.6 is 11.6 Å². The highest BCUT2D eigenvalue weighted by molar-refractivity contribution is 6.30. The van der Waals surface area contributed by atoms with Crippen LogP contribution < -0.4 is 4.90 Å². The molecule has 0 amide bonds. The Morgan fingerprint density at radius 3 is 2.03 bits per heavy atom. The Balaban J connectivity index is 1.26. The molecule has 154 valence electrons. The molecule has 1 aliphatic heterocycles. The third-order valence-electron chi connectivity index (χ3n) is 6.09. The van der Waals surface area contributed by atoms with E-state index in [1.165, 1.54) is 27.5 Å². The number of aromatic nitrogens is 1. The molecule has 0 aliphatic carbocycles. The molecule has 0 spiro atoms. The van der Waals surface area contributed by atoms with E-state index in [2.05, 4.69) is 69.0 Å². The smallest absolute Gasteiger partial charge is 0.0845 e. The van der Waals surface area contributed by atoms with Gasteiger partial charge in [0.1, 0.15) is 0 Å². The molecule has 1 N–H and O–H groups in total. The van der Waals surface area contributed by atoms with E-state index in [0.29, 0.717) is 13.1 Å². The number of nitrogens with zero attached hydrogens (tertiary/aromatic N) is 3. The van der Waals surface area contributed by atoms with Crippen molar-refractivity contribution >= 4 is 39.1 Å². The van der Waals surface area contributed by atoms with Gasteiger partial charge in [-0.2, -0.15) is 0 Å². The third-order valence-corrected chi connectivity index (χ3v) is 6.32. The summed E-state index contributed by atoms with van der Waals surface area (Å²) < 4.78 is 2.26. The van der Waals surface area contributed by atoms with Gasteiger partial charge in [-0.1, -0.05) is 54.1 Å². The predicted octanol–water partition coefficient (Wildman–Crippen LogP) is 4.63. The molecule has 4 aromatic rings. The minimum atomic E-state index is -0.415. The summed E-state index contributed by atoms with van der Waals surface area (Å²) in [5.41, 5.74) is 3.54. The summed E-state index contributed by atoms with van der Waals surface area (Å²) in [4.78, 5) is 4.72. The molecule has 5 heteroatoms. The van der Waals surface area contributed by atoms with Gasteiger partial charge in [0.05, 0.1) is 12.6 Å². The second kappa shape index (κ2) is 8.31. The van der Waals surface area contributed by atoms with Crippen LogP contribution in [0, 0.1) is 0 Å². The fourth-order valence-corrected chi connectivity index (χ4v) is 4.81. The SMILES string of the molecule is O[C@@H](CN1CCN(c2cccc(Cl)c2)CC1)Cn1c2ccccc2c2ccccc21. The van der Waals surface area contributed by atoms with E-state index in [0.717, 1.165) is 31.2 Å². The lowest BCUT2D eigenvalue weighted by molar-refractivity contribution is 0.0969. The minimum absolute atomic E-state index is 0.415. The standard InChI is InChI=1S/C25H26ClN3O/c26-19-6-5-7-20(16-19)28-14-12-27(13-15-28)17-21(30)18-29-24-10-3-1-8-22(24)23-9-2-4-11-25(23)29/h1-11,16,21,30H,12-15,17-18H2/t21-/m0/s1. The maximum absolute atomic E-state index is 10.9. The third kappa shape index (κ3) is 3.79. The van der Waals surface area contributed by atoms with E-state index in [1.54, 1.807) is 0 Å². The van der Waals surface area contributed by atoms with Crippen molar-refractivity contribution in [1.29, 1.82) is 0 Å². The molecule has 1 atom stereocenters. The highest BCUT2D eigenvalue weighted by Gasteiger charge is 2.21. The van der Waals surface area contributed by atoms with Gasteiger partial charge in [-0.25, -0.2) is 0 Å². The van der Waals surface area contributed by atoms with Crippen LogP contribution in [0.5, 0.6) is 0 Å². The molecule has 30 heavy (non-hydrogen) atoms. The van der Waals surface area contributed by atoms with Gasteiger partial charge in [-0.05, 0) is 30.3 Å². The Morgan fingerprint density at radius 2 is 1.40 bits per heavy atom. The molecule has 2 heterocycles. The maximum atomic E-state index is 10.9. The first-order valence-corrected chi connectivity index (χ1v) is 10.9. The highest BCUT2D eigenvalue weighted by Crippen LogP contribution is 2.29. The Labute approximate surface area is 181 Å². The Morgan fingerprint density at radius 1 is 0.767 bits per heavy atom. The molecule has 1 aromatic heterocycles. The van der Waals surface area contributed by atoms with Gasteiger partial charge in [0.25, 0.3) is 0 Å². The van der Waals surface area contributed by atoms with Gasteiger partial charge in [0.15, 0.2) is 0 Å². The summed E-state index contributed by atoms with van der Waals surface area (Å²) in [7, 11) is 0. The van der Waals surface area contributed by atoms with Crippen LogP contribution in [-0.4, -0.2) is 53.4 Å². The molecule has 0 radical (unpaired) electrons. The van der Waals surface area contributed by atoms with E-state index < -0.39 is 6.10 Å². The number of rotatable bonds is 5. The Bertz CT molecular complexity index is 1110. The van der Waals surface area contributed by atoms with Crippen LogP contribution in [0.2, 0.25) is 5.02 Å². The quantitative estimate of drug-likeness (QED) is 0.511. The average Bonchev–Trinajstić information content (AvgIpc) is 3.08. The second-order valence-electron chi connectivity index (χ2n) is 8.07. The number of piperazine rings is 1. The van der Waals surface area contributed by atoms with Gasteiger partial charge >= 0.3 is 0 Å². The molecular weight excluding hydrogens is 394 g/mol. The van der Waals surface area contributed by atoms with Crippen LogP contribution in [0.1, 0.15) is 0 Å². The van der Waals surface area contributed by atoms with Crippen molar-refractivity contribution in [3.63, 3.8) is 0 Å². The maximum Gasteiger partial charge on any atom is 0.0845 e. The van der Waals surface area contributed by atoms with Gasteiger partial charge in [0, 0.05) is 65.2 Å². The molecule has 0 saturated carbocycles. The van der Waals surface area contributed by atoms with Crippen molar-refractivity contribution in [2.75, 3.05) is 37.6 Å². The van der Waals surface area contributed by atoms with Gasteiger partial charge in [-0.3, -0.25) is 4.90 Å². The fraction of sp³-hybridized carbons (Fsp3) is 0.280. The molecule has 1 aliphatic rings. The molecule has 1 saturated heterocycles. The fourth-order valence-electron chi connectivity index (χ4n) is 4.63. The molecular formula is C25H26ClN3O. The number of hydrogen-bond acceptors (Lipinski definition) is 3. The van der Waals surface area contributed by atoms with Crippen molar-refractivity contribution < 1.29 is 5.11 Å². The summed E-state index contributed by atoms with van der Waals surface area (Å²) >= 11 is 6.14. The van der Waals surface area contributed by atoms with Crippen molar-refractivity contribution in [2.24, 2.45) is 0 Å². The topological polar surface area (TPSA) is 31.6 Å².